The molecule has 0 fully saturated rings. The van der Waals surface area contributed by atoms with Crippen molar-refractivity contribution in [2.24, 2.45) is 0 Å². The Bertz CT molecular complexity index is 1150. The highest BCUT2D eigenvalue weighted by Crippen LogP contribution is 2.33. The zero-order chi connectivity index (χ0) is 22.2. The first-order chi connectivity index (χ1) is 14.0. The second-order valence-electron chi connectivity index (χ2n) is 8.31. The average Bonchev–Trinajstić information content (AvgIpc) is 2.98. The van der Waals surface area contributed by atoms with Crippen LogP contribution in [0.1, 0.15) is 53.1 Å². The molecule has 3 rings (SSSR count). The van der Waals surface area contributed by atoms with Crippen molar-refractivity contribution in [1.82, 2.24) is 15.3 Å². The number of rotatable bonds is 4. The Morgan fingerprint density at radius 3 is 2.47 bits per heavy atom. The van der Waals surface area contributed by atoms with Crippen LogP contribution in [-0.4, -0.2) is 28.3 Å². The van der Waals surface area contributed by atoms with Gasteiger partial charge in [0.05, 0.1) is 17.1 Å². The molecule has 2 N–H and O–H groups in total. The minimum Gasteiger partial charge on any atom is -0.342 e. The SMILES string of the molecule is Cc1cc(Br)ccc1NC(=O)CNC(=O)c1sc2nc(C(C)(C)C)nc(C)c2c1C. The highest BCUT2D eigenvalue weighted by Gasteiger charge is 2.23. The third-order valence-electron chi connectivity index (χ3n) is 4.72. The summed E-state index contributed by atoms with van der Waals surface area (Å²) in [5, 5.41) is 6.45. The van der Waals surface area contributed by atoms with Crippen molar-refractivity contribution in [2.45, 2.75) is 47.0 Å². The lowest BCUT2D eigenvalue weighted by Gasteiger charge is -2.16. The highest BCUT2D eigenvalue weighted by atomic mass is 79.9. The number of hydrogen-bond donors (Lipinski definition) is 2. The van der Waals surface area contributed by atoms with Crippen molar-refractivity contribution in [3.8, 4) is 0 Å². The number of halogens is 1. The van der Waals surface area contributed by atoms with Crippen LogP contribution in [0.25, 0.3) is 10.2 Å². The number of aromatic nitrogens is 2. The zero-order valence-electron chi connectivity index (χ0n) is 17.9. The molecule has 0 aliphatic heterocycles. The summed E-state index contributed by atoms with van der Waals surface area (Å²) in [5.41, 5.74) is 3.18. The van der Waals surface area contributed by atoms with Crippen molar-refractivity contribution in [3.05, 3.63) is 50.2 Å². The summed E-state index contributed by atoms with van der Waals surface area (Å²) < 4.78 is 0.944. The van der Waals surface area contributed by atoms with Crippen LogP contribution in [-0.2, 0) is 10.2 Å². The molecule has 0 spiro atoms. The Labute approximate surface area is 188 Å². The molecule has 0 saturated carbocycles. The number of benzene rings is 1. The topological polar surface area (TPSA) is 84.0 Å². The van der Waals surface area contributed by atoms with E-state index in [1.54, 1.807) is 0 Å². The standard InChI is InChI=1S/C22H25BrN4O2S/c1-11-9-14(23)7-8-15(11)26-16(28)10-24-19(29)18-12(2)17-13(3)25-21(22(4,5)6)27-20(17)30-18/h7-9H,10H2,1-6H3,(H,24,29)(H,26,28). The lowest BCUT2D eigenvalue weighted by Crippen LogP contribution is -2.32. The van der Waals surface area contributed by atoms with E-state index in [1.165, 1.54) is 11.3 Å². The van der Waals surface area contributed by atoms with Crippen molar-refractivity contribution in [2.75, 3.05) is 11.9 Å². The number of amides is 2. The van der Waals surface area contributed by atoms with E-state index in [1.807, 2.05) is 39.0 Å². The number of hydrogen-bond acceptors (Lipinski definition) is 5. The summed E-state index contributed by atoms with van der Waals surface area (Å²) in [6, 6.07) is 5.60. The van der Waals surface area contributed by atoms with Crippen LogP contribution in [0.15, 0.2) is 22.7 Å². The molecule has 6 nitrogen and oxygen atoms in total. The molecule has 3 aromatic rings. The molecular formula is C22H25BrN4O2S. The molecule has 30 heavy (non-hydrogen) atoms. The third-order valence-corrected chi connectivity index (χ3v) is 6.40. The molecule has 0 bridgehead atoms. The number of carbonyl (C=O) groups is 2. The number of anilines is 1. The molecule has 158 valence electrons. The molecule has 2 aromatic heterocycles. The molecule has 2 amide bonds. The maximum absolute atomic E-state index is 12.8. The summed E-state index contributed by atoms with van der Waals surface area (Å²) in [4.78, 5) is 35.7. The maximum atomic E-state index is 12.8. The number of thiophene rings is 1. The van der Waals surface area contributed by atoms with Gasteiger partial charge in [-0.25, -0.2) is 9.97 Å². The minimum atomic E-state index is -0.283. The fourth-order valence-electron chi connectivity index (χ4n) is 3.09. The van der Waals surface area contributed by atoms with E-state index in [2.05, 4.69) is 57.3 Å². The van der Waals surface area contributed by atoms with Crippen molar-refractivity contribution >= 4 is 55.0 Å². The van der Waals surface area contributed by atoms with Gasteiger partial charge in [-0.1, -0.05) is 36.7 Å². The number of fused-ring (bicyclic) bond motifs is 1. The molecule has 0 atom stereocenters. The number of nitrogens with one attached hydrogen (secondary N) is 2. The summed E-state index contributed by atoms with van der Waals surface area (Å²) in [5.74, 6) is 0.193. The number of aryl methyl sites for hydroxylation is 3. The maximum Gasteiger partial charge on any atom is 0.262 e. The van der Waals surface area contributed by atoms with E-state index < -0.39 is 0 Å². The van der Waals surface area contributed by atoms with Gasteiger partial charge in [0.2, 0.25) is 5.91 Å². The van der Waals surface area contributed by atoms with Gasteiger partial charge >= 0.3 is 0 Å². The molecule has 0 unspecified atom stereocenters. The van der Waals surface area contributed by atoms with E-state index in [0.717, 1.165) is 43.0 Å². The van der Waals surface area contributed by atoms with Crippen LogP contribution in [0, 0.1) is 20.8 Å². The van der Waals surface area contributed by atoms with E-state index >= 15 is 0 Å². The molecule has 2 heterocycles. The van der Waals surface area contributed by atoms with Gasteiger partial charge in [-0.05, 0) is 50.1 Å². The smallest absolute Gasteiger partial charge is 0.262 e. The largest absolute Gasteiger partial charge is 0.342 e. The molecule has 8 heteroatoms. The summed E-state index contributed by atoms with van der Waals surface area (Å²) in [6.45, 7) is 11.8. The molecule has 0 aliphatic carbocycles. The summed E-state index contributed by atoms with van der Waals surface area (Å²) in [7, 11) is 0. The summed E-state index contributed by atoms with van der Waals surface area (Å²) >= 11 is 4.74. The van der Waals surface area contributed by atoms with Crippen LogP contribution < -0.4 is 10.6 Å². The Kier molecular flexibility index (Phi) is 6.29. The first-order valence-electron chi connectivity index (χ1n) is 9.60. The van der Waals surface area contributed by atoms with Crippen molar-refractivity contribution in [3.63, 3.8) is 0 Å². The van der Waals surface area contributed by atoms with Gasteiger partial charge < -0.3 is 10.6 Å². The van der Waals surface area contributed by atoms with Gasteiger partial charge in [0.25, 0.3) is 5.91 Å². The van der Waals surface area contributed by atoms with Crippen molar-refractivity contribution < 1.29 is 9.59 Å². The third kappa shape index (κ3) is 4.70. The molecular weight excluding hydrogens is 464 g/mol. The lowest BCUT2D eigenvalue weighted by atomic mass is 9.95. The van der Waals surface area contributed by atoms with Crippen LogP contribution >= 0.6 is 27.3 Å². The number of carbonyl (C=O) groups excluding carboxylic acids is 2. The molecule has 0 radical (unpaired) electrons. The van der Waals surface area contributed by atoms with E-state index in [-0.39, 0.29) is 23.8 Å². The Morgan fingerprint density at radius 1 is 1.13 bits per heavy atom. The van der Waals surface area contributed by atoms with Crippen LogP contribution in [0.5, 0.6) is 0 Å². The normalized spacial score (nSPS) is 11.6. The average molecular weight is 489 g/mol. The van der Waals surface area contributed by atoms with Gasteiger partial charge in [-0.15, -0.1) is 11.3 Å². The van der Waals surface area contributed by atoms with Crippen LogP contribution in [0.3, 0.4) is 0 Å². The van der Waals surface area contributed by atoms with Gasteiger partial charge in [0, 0.05) is 21.0 Å². The van der Waals surface area contributed by atoms with Gasteiger partial charge in [-0.2, -0.15) is 0 Å². The van der Waals surface area contributed by atoms with Gasteiger partial charge in [-0.3, -0.25) is 9.59 Å². The monoisotopic (exact) mass is 488 g/mol. The van der Waals surface area contributed by atoms with Crippen LogP contribution in [0.4, 0.5) is 5.69 Å². The highest BCUT2D eigenvalue weighted by molar-refractivity contribution is 9.10. The van der Waals surface area contributed by atoms with Gasteiger partial charge in [0.1, 0.15) is 10.7 Å². The lowest BCUT2D eigenvalue weighted by molar-refractivity contribution is -0.115. The van der Waals surface area contributed by atoms with E-state index in [0.29, 0.717) is 4.88 Å². The fourth-order valence-corrected chi connectivity index (χ4v) is 4.72. The molecule has 1 aromatic carbocycles. The Morgan fingerprint density at radius 2 is 1.83 bits per heavy atom. The Hall–Kier alpha value is -2.32. The zero-order valence-corrected chi connectivity index (χ0v) is 20.3. The Balaban J connectivity index is 1.76. The summed E-state index contributed by atoms with van der Waals surface area (Å²) in [6.07, 6.45) is 0. The predicted octanol–water partition coefficient (Wildman–Crippen LogP) is 5.05. The van der Waals surface area contributed by atoms with Crippen LogP contribution in [0.2, 0.25) is 0 Å². The van der Waals surface area contributed by atoms with Crippen molar-refractivity contribution in [1.29, 1.82) is 0 Å². The van der Waals surface area contributed by atoms with Gasteiger partial charge in [0.15, 0.2) is 0 Å². The number of nitrogens with zero attached hydrogens (tertiary/aromatic N) is 2. The second-order valence-corrected chi connectivity index (χ2v) is 10.2. The quantitative estimate of drug-likeness (QED) is 0.538. The molecule has 0 aliphatic rings. The second kappa shape index (κ2) is 8.43. The predicted molar refractivity (Wildman–Crippen MR) is 125 cm³/mol. The first-order valence-corrected chi connectivity index (χ1v) is 11.2. The van der Waals surface area contributed by atoms with E-state index in [4.69, 9.17) is 0 Å². The fraction of sp³-hybridized carbons (Fsp3) is 0.364. The van der Waals surface area contributed by atoms with E-state index in [9.17, 15) is 9.59 Å². The molecule has 0 saturated heterocycles. The first kappa shape index (κ1) is 22.4. The minimum absolute atomic E-state index is 0.111.